The van der Waals surface area contributed by atoms with Crippen LogP contribution in [0.25, 0.3) is 0 Å². The van der Waals surface area contributed by atoms with E-state index in [1.807, 2.05) is 10.9 Å². The minimum absolute atomic E-state index is 0.488. The molecule has 0 saturated heterocycles. The van der Waals surface area contributed by atoms with Crippen molar-refractivity contribution in [3.63, 3.8) is 0 Å². The van der Waals surface area contributed by atoms with Crippen molar-refractivity contribution < 1.29 is 5.11 Å². The van der Waals surface area contributed by atoms with Crippen LogP contribution in [0.2, 0.25) is 0 Å². The van der Waals surface area contributed by atoms with Crippen LogP contribution < -0.4 is 0 Å². The van der Waals surface area contributed by atoms with E-state index >= 15 is 0 Å². The van der Waals surface area contributed by atoms with Gasteiger partial charge >= 0.3 is 0 Å². The Balaban J connectivity index is 2.12. The molecule has 0 bridgehead atoms. The quantitative estimate of drug-likeness (QED) is 0.810. The third-order valence-corrected chi connectivity index (χ3v) is 3.09. The van der Waals surface area contributed by atoms with E-state index in [0.29, 0.717) is 11.7 Å². The van der Waals surface area contributed by atoms with Crippen LogP contribution in [0.15, 0.2) is 6.20 Å². The van der Waals surface area contributed by atoms with E-state index in [2.05, 4.69) is 10.3 Å². The standard InChI is InChI=1S/C11H19N3O/c1-11(2,15)10-8-14(13-12-10)9-6-4-3-5-7-9/h8-9,15H,3-7H2,1-2H3. The van der Waals surface area contributed by atoms with E-state index in [1.165, 1.54) is 32.1 Å². The average Bonchev–Trinajstić information content (AvgIpc) is 2.67. The molecule has 1 saturated carbocycles. The Morgan fingerprint density at radius 2 is 2.00 bits per heavy atom. The molecule has 0 aromatic carbocycles. The van der Waals surface area contributed by atoms with Crippen LogP contribution in [0.3, 0.4) is 0 Å². The minimum atomic E-state index is -0.882. The molecule has 1 aliphatic rings. The van der Waals surface area contributed by atoms with Crippen molar-refractivity contribution in [3.05, 3.63) is 11.9 Å². The highest BCUT2D eigenvalue weighted by molar-refractivity contribution is 5.03. The molecule has 0 aliphatic heterocycles. The van der Waals surface area contributed by atoms with Crippen LogP contribution in [0.5, 0.6) is 0 Å². The SMILES string of the molecule is CC(C)(O)c1cn(C2CCCCC2)nn1. The topological polar surface area (TPSA) is 50.9 Å². The van der Waals surface area contributed by atoms with Crippen LogP contribution in [0.1, 0.15) is 57.7 Å². The predicted octanol–water partition coefficient (Wildman–Crippen LogP) is 2.01. The fraction of sp³-hybridized carbons (Fsp3) is 0.818. The van der Waals surface area contributed by atoms with Gasteiger partial charge in [0.25, 0.3) is 0 Å². The largest absolute Gasteiger partial charge is 0.384 e. The van der Waals surface area contributed by atoms with Gasteiger partial charge in [-0.25, -0.2) is 4.68 Å². The van der Waals surface area contributed by atoms with Gasteiger partial charge in [-0.15, -0.1) is 5.10 Å². The Labute approximate surface area is 90.3 Å². The smallest absolute Gasteiger partial charge is 0.114 e. The summed E-state index contributed by atoms with van der Waals surface area (Å²) in [6, 6.07) is 0.488. The molecule has 1 aliphatic carbocycles. The van der Waals surface area contributed by atoms with Gasteiger partial charge in [-0.1, -0.05) is 24.5 Å². The number of hydrogen-bond donors (Lipinski definition) is 1. The van der Waals surface area contributed by atoms with E-state index in [0.717, 1.165) is 0 Å². The summed E-state index contributed by atoms with van der Waals surface area (Å²) in [4.78, 5) is 0. The predicted molar refractivity (Wildman–Crippen MR) is 57.4 cm³/mol. The highest BCUT2D eigenvalue weighted by Gasteiger charge is 2.23. The zero-order valence-corrected chi connectivity index (χ0v) is 9.48. The maximum atomic E-state index is 9.78. The fourth-order valence-electron chi connectivity index (χ4n) is 2.08. The van der Waals surface area contributed by atoms with Crippen molar-refractivity contribution in [2.45, 2.75) is 57.6 Å². The molecule has 1 aromatic rings. The fourth-order valence-corrected chi connectivity index (χ4v) is 2.08. The van der Waals surface area contributed by atoms with E-state index in [-0.39, 0.29) is 0 Å². The summed E-state index contributed by atoms with van der Waals surface area (Å²) < 4.78 is 1.92. The van der Waals surface area contributed by atoms with Crippen molar-refractivity contribution in [1.82, 2.24) is 15.0 Å². The molecule has 0 unspecified atom stereocenters. The molecule has 0 radical (unpaired) electrons. The number of hydrogen-bond acceptors (Lipinski definition) is 3. The van der Waals surface area contributed by atoms with Crippen LogP contribution in [0, 0.1) is 0 Å². The zero-order valence-electron chi connectivity index (χ0n) is 9.48. The second-order valence-electron chi connectivity index (χ2n) is 4.93. The molecule has 1 heterocycles. The highest BCUT2D eigenvalue weighted by atomic mass is 16.3. The Bertz CT molecular complexity index is 321. The molecule has 1 N–H and O–H groups in total. The molecule has 15 heavy (non-hydrogen) atoms. The Kier molecular flexibility index (Phi) is 2.78. The molecule has 2 rings (SSSR count). The molecule has 0 amide bonds. The first-order valence-electron chi connectivity index (χ1n) is 5.72. The average molecular weight is 209 g/mol. The summed E-state index contributed by atoms with van der Waals surface area (Å²) in [5.41, 5.74) is -0.222. The molecule has 4 heteroatoms. The Morgan fingerprint density at radius 3 is 2.53 bits per heavy atom. The van der Waals surface area contributed by atoms with Gasteiger partial charge < -0.3 is 5.11 Å². The van der Waals surface area contributed by atoms with Gasteiger partial charge in [-0.2, -0.15) is 0 Å². The second-order valence-corrected chi connectivity index (χ2v) is 4.93. The lowest BCUT2D eigenvalue weighted by Gasteiger charge is -2.21. The monoisotopic (exact) mass is 209 g/mol. The highest BCUT2D eigenvalue weighted by Crippen LogP contribution is 2.28. The number of rotatable bonds is 2. The summed E-state index contributed by atoms with van der Waals surface area (Å²) in [7, 11) is 0. The third kappa shape index (κ3) is 2.37. The molecule has 4 nitrogen and oxygen atoms in total. The van der Waals surface area contributed by atoms with E-state index in [1.54, 1.807) is 13.8 Å². The Hall–Kier alpha value is -0.900. The molecule has 1 aromatic heterocycles. The zero-order chi connectivity index (χ0) is 10.9. The lowest BCUT2D eigenvalue weighted by Crippen LogP contribution is -2.16. The number of nitrogens with zero attached hydrogens (tertiary/aromatic N) is 3. The third-order valence-electron chi connectivity index (χ3n) is 3.09. The van der Waals surface area contributed by atoms with E-state index in [4.69, 9.17) is 0 Å². The van der Waals surface area contributed by atoms with Crippen molar-refractivity contribution >= 4 is 0 Å². The summed E-state index contributed by atoms with van der Waals surface area (Å²) in [6.07, 6.45) is 8.16. The molecule has 0 atom stereocenters. The van der Waals surface area contributed by atoms with Crippen LogP contribution in [-0.4, -0.2) is 20.1 Å². The van der Waals surface area contributed by atoms with Gasteiger partial charge in [-0.3, -0.25) is 0 Å². The first-order valence-corrected chi connectivity index (χ1v) is 5.72. The number of aromatic nitrogens is 3. The van der Waals surface area contributed by atoms with E-state index in [9.17, 15) is 5.11 Å². The van der Waals surface area contributed by atoms with E-state index < -0.39 is 5.60 Å². The molecule has 1 fully saturated rings. The molecular formula is C11H19N3O. The van der Waals surface area contributed by atoms with Gasteiger partial charge in [0.2, 0.25) is 0 Å². The summed E-state index contributed by atoms with van der Waals surface area (Å²) in [5, 5.41) is 17.9. The van der Waals surface area contributed by atoms with Crippen molar-refractivity contribution in [3.8, 4) is 0 Å². The van der Waals surface area contributed by atoms with Gasteiger partial charge in [0.15, 0.2) is 0 Å². The first kappa shape index (κ1) is 10.6. The number of aliphatic hydroxyl groups is 1. The maximum Gasteiger partial charge on any atom is 0.114 e. The molecular weight excluding hydrogens is 190 g/mol. The van der Waals surface area contributed by atoms with Crippen molar-refractivity contribution in [2.75, 3.05) is 0 Å². The van der Waals surface area contributed by atoms with Crippen molar-refractivity contribution in [2.24, 2.45) is 0 Å². The molecule has 0 spiro atoms. The van der Waals surface area contributed by atoms with Crippen molar-refractivity contribution in [1.29, 1.82) is 0 Å². The van der Waals surface area contributed by atoms with Crippen LogP contribution in [0.4, 0.5) is 0 Å². The van der Waals surface area contributed by atoms with Gasteiger partial charge in [0.05, 0.1) is 12.2 Å². The molecule has 84 valence electrons. The summed E-state index contributed by atoms with van der Waals surface area (Å²) in [6.45, 7) is 3.48. The van der Waals surface area contributed by atoms with Gasteiger partial charge in [0.1, 0.15) is 11.3 Å². The summed E-state index contributed by atoms with van der Waals surface area (Å²) in [5.74, 6) is 0. The lowest BCUT2D eigenvalue weighted by atomic mass is 9.95. The van der Waals surface area contributed by atoms with Gasteiger partial charge in [-0.05, 0) is 26.7 Å². The second kappa shape index (κ2) is 3.93. The normalized spacial score (nSPS) is 19.4. The summed E-state index contributed by atoms with van der Waals surface area (Å²) >= 11 is 0. The van der Waals surface area contributed by atoms with Crippen LogP contribution in [-0.2, 0) is 5.60 Å². The Morgan fingerprint density at radius 1 is 1.33 bits per heavy atom. The first-order chi connectivity index (χ1) is 7.07. The maximum absolute atomic E-state index is 9.78. The van der Waals surface area contributed by atoms with Gasteiger partial charge in [0, 0.05) is 0 Å². The van der Waals surface area contributed by atoms with Crippen LogP contribution >= 0.6 is 0 Å². The minimum Gasteiger partial charge on any atom is -0.384 e. The lowest BCUT2D eigenvalue weighted by molar-refractivity contribution is 0.0737.